The number of hydrogen-bond donors (Lipinski definition) is 0. The van der Waals surface area contributed by atoms with Crippen LogP contribution in [0.2, 0.25) is 0 Å². The van der Waals surface area contributed by atoms with Crippen molar-refractivity contribution in [2.24, 2.45) is 5.92 Å². The van der Waals surface area contributed by atoms with E-state index in [4.69, 9.17) is 5.26 Å². The lowest BCUT2D eigenvalue weighted by atomic mass is 9.88. The Morgan fingerprint density at radius 1 is 1.33 bits per heavy atom. The van der Waals surface area contributed by atoms with Crippen molar-refractivity contribution >= 4 is 32.6 Å². The quantitative estimate of drug-likeness (QED) is 0.496. The van der Waals surface area contributed by atoms with E-state index in [0.717, 1.165) is 52.1 Å². The molecule has 6 heteroatoms. The molecule has 0 bridgehead atoms. The predicted octanol–water partition coefficient (Wildman–Crippen LogP) is 5.02. The van der Waals surface area contributed by atoms with Crippen LogP contribution >= 0.6 is 11.3 Å². The van der Waals surface area contributed by atoms with E-state index in [0.29, 0.717) is 0 Å². The standard InChI is InChI=1S/C21H17N5S/c1-13-25-18-7-6-16(10-19(18)27-13)17-12-24-26-9-8-23-20(21(17)26)15-4-2-14(11-22)3-5-15/h4,6-10,12,14H,2-3,5H2,1H3. The monoisotopic (exact) mass is 371 g/mol. The van der Waals surface area contributed by atoms with Gasteiger partial charge in [-0.2, -0.15) is 10.4 Å². The van der Waals surface area contributed by atoms with E-state index >= 15 is 0 Å². The third-order valence-corrected chi connectivity index (χ3v) is 6.07. The summed E-state index contributed by atoms with van der Waals surface area (Å²) in [7, 11) is 0. The summed E-state index contributed by atoms with van der Waals surface area (Å²) in [6.45, 7) is 2.03. The van der Waals surface area contributed by atoms with E-state index in [1.54, 1.807) is 17.5 Å². The van der Waals surface area contributed by atoms with Crippen LogP contribution < -0.4 is 0 Å². The van der Waals surface area contributed by atoms with Crippen molar-refractivity contribution in [1.29, 1.82) is 5.26 Å². The zero-order valence-electron chi connectivity index (χ0n) is 14.9. The molecule has 1 aliphatic rings. The van der Waals surface area contributed by atoms with Gasteiger partial charge in [0.2, 0.25) is 0 Å². The second kappa shape index (κ2) is 6.29. The molecule has 5 rings (SSSR count). The summed E-state index contributed by atoms with van der Waals surface area (Å²) in [4.78, 5) is 9.24. The highest BCUT2D eigenvalue weighted by Gasteiger charge is 2.20. The average molecular weight is 371 g/mol. The third-order valence-electron chi connectivity index (χ3n) is 5.14. The molecule has 132 valence electrons. The zero-order chi connectivity index (χ0) is 18.4. The first-order valence-electron chi connectivity index (χ1n) is 9.02. The molecule has 1 atom stereocenters. The second-order valence-electron chi connectivity index (χ2n) is 6.87. The minimum Gasteiger partial charge on any atom is -0.253 e. The molecule has 0 aliphatic heterocycles. The van der Waals surface area contributed by atoms with Gasteiger partial charge in [-0.1, -0.05) is 12.1 Å². The summed E-state index contributed by atoms with van der Waals surface area (Å²) in [6.07, 6.45) is 10.3. The molecular formula is C21H17N5S. The Bertz CT molecular complexity index is 1240. The van der Waals surface area contributed by atoms with Gasteiger partial charge < -0.3 is 0 Å². The number of rotatable bonds is 2. The van der Waals surface area contributed by atoms with Gasteiger partial charge in [-0.05, 0) is 49.5 Å². The molecule has 0 saturated heterocycles. The molecule has 0 N–H and O–H groups in total. The maximum atomic E-state index is 9.15. The van der Waals surface area contributed by atoms with Gasteiger partial charge in [0.1, 0.15) is 0 Å². The molecule has 3 aromatic heterocycles. The molecule has 0 spiro atoms. The van der Waals surface area contributed by atoms with Gasteiger partial charge in [0, 0.05) is 18.0 Å². The summed E-state index contributed by atoms with van der Waals surface area (Å²) >= 11 is 1.71. The van der Waals surface area contributed by atoms with Crippen LogP contribution in [0.4, 0.5) is 0 Å². The number of aryl methyl sites for hydroxylation is 1. The van der Waals surface area contributed by atoms with Crippen LogP contribution in [-0.2, 0) is 0 Å². The van der Waals surface area contributed by atoms with Crippen LogP contribution in [0.5, 0.6) is 0 Å². The minimum absolute atomic E-state index is 0.120. The summed E-state index contributed by atoms with van der Waals surface area (Å²) in [6, 6.07) is 8.75. The van der Waals surface area contributed by atoms with Gasteiger partial charge in [0.25, 0.3) is 0 Å². The van der Waals surface area contributed by atoms with Crippen LogP contribution in [0.15, 0.2) is 42.9 Å². The van der Waals surface area contributed by atoms with Crippen molar-refractivity contribution in [2.75, 3.05) is 0 Å². The molecule has 1 aromatic carbocycles. The lowest BCUT2D eigenvalue weighted by Gasteiger charge is -2.17. The maximum absolute atomic E-state index is 9.15. The number of hydrogen-bond acceptors (Lipinski definition) is 5. The topological polar surface area (TPSA) is 66.9 Å². The molecule has 0 saturated carbocycles. The van der Waals surface area contributed by atoms with Crippen molar-refractivity contribution in [3.05, 3.63) is 53.6 Å². The van der Waals surface area contributed by atoms with Crippen LogP contribution in [0.3, 0.4) is 0 Å². The summed E-state index contributed by atoms with van der Waals surface area (Å²) < 4.78 is 3.08. The molecule has 1 aliphatic carbocycles. The van der Waals surface area contributed by atoms with E-state index in [-0.39, 0.29) is 5.92 Å². The fraction of sp³-hybridized carbons (Fsp3) is 0.238. The van der Waals surface area contributed by atoms with Crippen LogP contribution in [0, 0.1) is 24.2 Å². The van der Waals surface area contributed by atoms with Crippen LogP contribution in [0.1, 0.15) is 30.0 Å². The van der Waals surface area contributed by atoms with Gasteiger partial charge in [0.05, 0.1) is 44.6 Å². The summed E-state index contributed by atoms with van der Waals surface area (Å²) in [5.74, 6) is 0.120. The Morgan fingerprint density at radius 2 is 2.26 bits per heavy atom. The predicted molar refractivity (Wildman–Crippen MR) is 107 cm³/mol. The number of allylic oxidation sites excluding steroid dienone is 2. The Hall–Kier alpha value is -3.04. The van der Waals surface area contributed by atoms with E-state index in [2.05, 4.69) is 45.4 Å². The molecule has 0 radical (unpaired) electrons. The Balaban J connectivity index is 1.67. The molecule has 1 unspecified atom stereocenters. The first-order valence-corrected chi connectivity index (χ1v) is 9.83. The summed E-state index contributed by atoms with van der Waals surface area (Å²) in [5, 5.41) is 14.8. The molecule has 0 amide bonds. The van der Waals surface area contributed by atoms with Crippen molar-refractivity contribution in [3.63, 3.8) is 0 Å². The largest absolute Gasteiger partial charge is 0.253 e. The Kier molecular flexibility index (Phi) is 3.76. The molecule has 3 heterocycles. The van der Waals surface area contributed by atoms with E-state index in [1.807, 2.05) is 23.8 Å². The van der Waals surface area contributed by atoms with Crippen LogP contribution in [0.25, 0.3) is 32.4 Å². The number of nitriles is 1. The summed E-state index contributed by atoms with van der Waals surface area (Å²) in [5.41, 5.74) is 6.45. The van der Waals surface area contributed by atoms with Gasteiger partial charge in [-0.3, -0.25) is 4.98 Å². The van der Waals surface area contributed by atoms with Gasteiger partial charge in [-0.15, -0.1) is 11.3 Å². The molecule has 4 aromatic rings. The van der Waals surface area contributed by atoms with E-state index in [9.17, 15) is 0 Å². The first-order chi connectivity index (χ1) is 13.2. The second-order valence-corrected chi connectivity index (χ2v) is 8.11. The Morgan fingerprint density at radius 3 is 3.07 bits per heavy atom. The number of aromatic nitrogens is 4. The fourth-order valence-corrected chi connectivity index (χ4v) is 4.63. The fourth-order valence-electron chi connectivity index (χ4n) is 3.76. The molecule has 5 nitrogen and oxygen atoms in total. The number of fused-ring (bicyclic) bond motifs is 2. The number of nitrogens with zero attached hydrogens (tertiary/aromatic N) is 5. The van der Waals surface area contributed by atoms with Crippen molar-refractivity contribution in [1.82, 2.24) is 19.6 Å². The number of benzene rings is 1. The molecular weight excluding hydrogens is 354 g/mol. The third kappa shape index (κ3) is 2.71. The Labute approximate surface area is 160 Å². The highest BCUT2D eigenvalue weighted by molar-refractivity contribution is 7.18. The smallest absolute Gasteiger partial charge is 0.0999 e. The minimum atomic E-state index is 0.120. The van der Waals surface area contributed by atoms with Crippen molar-refractivity contribution < 1.29 is 0 Å². The molecule has 0 fully saturated rings. The highest BCUT2D eigenvalue weighted by Crippen LogP contribution is 2.36. The SMILES string of the molecule is Cc1nc2ccc(-c3cnn4ccnc(C5=CCC(C#N)CC5)c34)cc2s1. The highest BCUT2D eigenvalue weighted by atomic mass is 32.1. The van der Waals surface area contributed by atoms with Crippen LogP contribution in [-0.4, -0.2) is 19.6 Å². The zero-order valence-corrected chi connectivity index (χ0v) is 15.7. The maximum Gasteiger partial charge on any atom is 0.0999 e. The van der Waals surface area contributed by atoms with Gasteiger partial charge in [0.15, 0.2) is 0 Å². The number of thiazole rings is 1. The average Bonchev–Trinajstić information content (AvgIpc) is 3.29. The van der Waals surface area contributed by atoms with Gasteiger partial charge in [-0.25, -0.2) is 9.50 Å². The van der Waals surface area contributed by atoms with E-state index in [1.165, 1.54) is 10.3 Å². The first kappa shape index (κ1) is 16.2. The lowest BCUT2D eigenvalue weighted by Crippen LogP contribution is -2.05. The molecule has 27 heavy (non-hydrogen) atoms. The lowest BCUT2D eigenvalue weighted by molar-refractivity contribution is 0.603. The van der Waals surface area contributed by atoms with Gasteiger partial charge >= 0.3 is 0 Å². The van der Waals surface area contributed by atoms with Crippen molar-refractivity contribution in [3.8, 4) is 17.2 Å². The normalized spacial score (nSPS) is 17.2. The van der Waals surface area contributed by atoms with Crippen molar-refractivity contribution in [2.45, 2.75) is 26.2 Å². The van der Waals surface area contributed by atoms with E-state index < -0.39 is 0 Å².